The Balaban J connectivity index is 1.97. The zero-order valence-electron chi connectivity index (χ0n) is 13.1. The van der Waals surface area contributed by atoms with E-state index in [2.05, 4.69) is 10.5 Å². The summed E-state index contributed by atoms with van der Waals surface area (Å²) in [7, 11) is -1.64. The number of carbonyl (C=O) groups is 1. The van der Waals surface area contributed by atoms with Gasteiger partial charge in [-0.25, -0.2) is 13.8 Å². The highest BCUT2D eigenvalue weighted by atomic mass is 32.2. The van der Waals surface area contributed by atoms with E-state index in [9.17, 15) is 13.2 Å². The van der Waals surface area contributed by atoms with Crippen molar-refractivity contribution in [3.8, 4) is 17.6 Å². The van der Waals surface area contributed by atoms with E-state index in [1.54, 1.807) is 18.2 Å². The molecule has 0 aromatic heterocycles. The van der Waals surface area contributed by atoms with Crippen LogP contribution in [0.2, 0.25) is 0 Å². The van der Waals surface area contributed by atoms with Crippen molar-refractivity contribution in [3.05, 3.63) is 23.8 Å². The first-order valence-corrected chi connectivity index (χ1v) is 8.98. The first-order chi connectivity index (χ1) is 11.4. The maximum Gasteiger partial charge on any atom is 0.244 e. The van der Waals surface area contributed by atoms with Crippen LogP contribution < -0.4 is 14.9 Å². The molecule has 24 heavy (non-hydrogen) atoms. The monoisotopic (exact) mass is 351 g/mol. The SMILES string of the molecule is COc1cc(/C=N\NC(=O)[C@@H]2CCS(=O)(=O)C2)ccc1OCC#N. The Bertz CT molecular complexity index is 783. The van der Waals surface area contributed by atoms with Crippen LogP contribution in [-0.2, 0) is 14.6 Å². The lowest BCUT2D eigenvalue weighted by Gasteiger charge is -2.08. The molecule has 1 aliphatic heterocycles. The number of ether oxygens (including phenoxy) is 2. The number of hydrogen-bond donors (Lipinski definition) is 1. The average molecular weight is 351 g/mol. The van der Waals surface area contributed by atoms with Gasteiger partial charge >= 0.3 is 0 Å². The van der Waals surface area contributed by atoms with Crippen molar-refractivity contribution in [1.29, 1.82) is 5.26 Å². The summed E-state index contributed by atoms with van der Waals surface area (Å²) in [6.07, 6.45) is 1.74. The van der Waals surface area contributed by atoms with Gasteiger partial charge in [-0.05, 0) is 30.2 Å². The molecule has 1 aromatic carbocycles. The second kappa shape index (κ2) is 7.79. The van der Waals surface area contributed by atoms with Crippen molar-refractivity contribution in [2.45, 2.75) is 6.42 Å². The largest absolute Gasteiger partial charge is 0.493 e. The predicted molar refractivity (Wildman–Crippen MR) is 86.6 cm³/mol. The van der Waals surface area contributed by atoms with Crippen molar-refractivity contribution >= 4 is 22.0 Å². The van der Waals surface area contributed by atoms with Crippen LogP contribution in [0.4, 0.5) is 0 Å². The molecule has 0 aliphatic carbocycles. The molecule has 1 fully saturated rings. The van der Waals surface area contributed by atoms with Gasteiger partial charge in [0.15, 0.2) is 27.9 Å². The van der Waals surface area contributed by atoms with Crippen molar-refractivity contribution in [2.75, 3.05) is 25.2 Å². The summed E-state index contributed by atoms with van der Waals surface area (Å²) >= 11 is 0. The summed E-state index contributed by atoms with van der Waals surface area (Å²) < 4.78 is 33.1. The quantitative estimate of drug-likeness (QED) is 0.588. The summed E-state index contributed by atoms with van der Waals surface area (Å²) in [6, 6.07) is 6.82. The molecule has 0 radical (unpaired) electrons. The Morgan fingerprint density at radius 1 is 1.50 bits per heavy atom. The van der Waals surface area contributed by atoms with Gasteiger partial charge in [-0.2, -0.15) is 10.4 Å². The number of methoxy groups -OCH3 is 1. The second-order valence-electron chi connectivity index (χ2n) is 5.19. The predicted octanol–water partition coefficient (Wildman–Crippen LogP) is 0.482. The number of nitrogens with zero attached hydrogens (tertiary/aromatic N) is 2. The number of rotatable bonds is 6. The Labute approximate surface area is 140 Å². The summed E-state index contributed by atoms with van der Waals surface area (Å²) in [5, 5.41) is 12.4. The van der Waals surface area contributed by atoms with Gasteiger partial charge < -0.3 is 9.47 Å². The van der Waals surface area contributed by atoms with E-state index in [0.717, 1.165) is 0 Å². The number of hydrogen-bond acceptors (Lipinski definition) is 7. The minimum absolute atomic E-state index is 0.0379. The first-order valence-electron chi connectivity index (χ1n) is 7.16. The molecule has 0 saturated carbocycles. The highest BCUT2D eigenvalue weighted by Crippen LogP contribution is 2.27. The number of carbonyl (C=O) groups excluding carboxylic acids is 1. The van der Waals surface area contributed by atoms with E-state index in [4.69, 9.17) is 14.7 Å². The Morgan fingerprint density at radius 2 is 2.29 bits per heavy atom. The molecule has 8 nitrogen and oxygen atoms in total. The maximum absolute atomic E-state index is 11.9. The van der Waals surface area contributed by atoms with Gasteiger partial charge in [-0.1, -0.05) is 0 Å². The summed E-state index contributed by atoms with van der Waals surface area (Å²) in [5.41, 5.74) is 3.00. The standard InChI is InChI=1S/C15H17N3O5S/c1-22-14-8-11(2-3-13(14)23-6-5-16)9-17-18-15(19)12-4-7-24(20,21)10-12/h2-3,8-9,12H,4,6-7,10H2,1H3,(H,18,19)/b17-9-/t12-/m1/s1. The van der Waals surface area contributed by atoms with Gasteiger partial charge in [0.1, 0.15) is 6.07 Å². The molecule has 1 saturated heterocycles. The van der Waals surface area contributed by atoms with Crippen molar-refractivity contribution in [2.24, 2.45) is 11.0 Å². The molecule has 9 heteroatoms. The van der Waals surface area contributed by atoms with E-state index in [0.29, 0.717) is 23.5 Å². The molecule has 1 N–H and O–H groups in total. The Kier molecular flexibility index (Phi) is 5.76. The number of hydrazone groups is 1. The molecule has 1 amide bonds. The number of sulfone groups is 1. The van der Waals surface area contributed by atoms with Crippen LogP contribution in [0.25, 0.3) is 0 Å². The summed E-state index contributed by atoms with van der Waals surface area (Å²) in [6.45, 7) is -0.0931. The van der Waals surface area contributed by atoms with Crippen LogP contribution in [0.5, 0.6) is 11.5 Å². The Morgan fingerprint density at radius 3 is 2.92 bits per heavy atom. The number of amides is 1. The number of nitriles is 1. The molecule has 128 valence electrons. The highest BCUT2D eigenvalue weighted by molar-refractivity contribution is 7.91. The number of benzene rings is 1. The Hall–Kier alpha value is -2.60. The van der Waals surface area contributed by atoms with Crippen LogP contribution in [-0.4, -0.2) is 45.8 Å². The normalized spacial score (nSPS) is 18.9. The van der Waals surface area contributed by atoms with E-state index in [-0.39, 0.29) is 18.1 Å². The smallest absolute Gasteiger partial charge is 0.244 e. The molecule has 1 heterocycles. The topological polar surface area (TPSA) is 118 Å². The van der Waals surface area contributed by atoms with Crippen molar-refractivity contribution in [3.63, 3.8) is 0 Å². The second-order valence-corrected chi connectivity index (χ2v) is 7.42. The third kappa shape index (κ3) is 4.70. The van der Waals surface area contributed by atoms with Gasteiger partial charge in [-0.3, -0.25) is 4.79 Å². The first kappa shape index (κ1) is 17.7. The van der Waals surface area contributed by atoms with Gasteiger partial charge in [0.05, 0.1) is 30.7 Å². The van der Waals surface area contributed by atoms with Gasteiger partial charge in [0.25, 0.3) is 0 Å². The van der Waals surface area contributed by atoms with Crippen molar-refractivity contribution in [1.82, 2.24) is 5.43 Å². The minimum atomic E-state index is -3.11. The molecule has 2 rings (SSSR count). The zero-order valence-corrected chi connectivity index (χ0v) is 13.9. The van der Waals surface area contributed by atoms with E-state index in [1.807, 2.05) is 6.07 Å². The van der Waals surface area contributed by atoms with Gasteiger partial charge in [-0.15, -0.1) is 0 Å². The number of nitrogens with one attached hydrogen (secondary N) is 1. The fourth-order valence-electron chi connectivity index (χ4n) is 2.26. The lowest BCUT2D eigenvalue weighted by molar-refractivity contribution is -0.124. The molecule has 1 aromatic rings. The van der Waals surface area contributed by atoms with Crippen molar-refractivity contribution < 1.29 is 22.7 Å². The average Bonchev–Trinajstić information content (AvgIpc) is 2.93. The van der Waals surface area contributed by atoms with E-state index >= 15 is 0 Å². The molecule has 0 unspecified atom stereocenters. The fourth-order valence-corrected chi connectivity index (χ4v) is 4.00. The molecular formula is C15H17N3O5S. The molecule has 0 spiro atoms. The third-order valence-corrected chi connectivity index (χ3v) is 5.24. The minimum Gasteiger partial charge on any atom is -0.493 e. The van der Waals surface area contributed by atoms with Crippen LogP contribution in [0.15, 0.2) is 23.3 Å². The highest BCUT2D eigenvalue weighted by Gasteiger charge is 2.32. The third-order valence-electron chi connectivity index (χ3n) is 3.47. The molecular weight excluding hydrogens is 334 g/mol. The fraction of sp³-hybridized carbons (Fsp3) is 0.400. The van der Waals surface area contributed by atoms with Gasteiger partial charge in [0, 0.05) is 0 Å². The van der Waals surface area contributed by atoms with Gasteiger partial charge in [0.2, 0.25) is 5.91 Å². The zero-order chi connectivity index (χ0) is 17.6. The van der Waals surface area contributed by atoms with E-state index in [1.165, 1.54) is 13.3 Å². The molecule has 1 aliphatic rings. The van der Waals surface area contributed by atoms with Crippen LogP contribution >= 0.6 is 0 Å². The molecule has 1 atom stereocenters. The maximum atomic E-state index is 11.9. The summed E-state index contributed by atoms with van der Waals surface area (Å²) in [4.78, 5) is 11.9. The van der Waals surface area contributed by atoms with Crippen LogP contribution in [0.3, 0.4) is 0 Å². The lowest BCUT2D eigenvalue weighted by atomic mass is 10.1. The van der Waals surface area contributed by atoms with E-state index < -0.39 is 21.7 Å². The van der Waals surface area contributed by atoms with Crippen LogP contribution in [0.1, 0.15) is 12.0 Å². The lowest BCUT2D eigenvalue weighted by Crippen LogP contribution is -2.27. The molecule has 0 bridgehead atoms. The van der Waals surface area contributed by atoms with Crippen LogP contribution in [0, 0.1) is 17.2 Å². The summed E-state index contributed by atoms with van der Waals surface area (Å²) in [5.74, 6) is -0.195.